The SMILES string of the molecule is COc1c(Cl)cc(F)cc1C(C)Nc1cc(N2CCNCC2)ccc1S(C)(=O)=O. The number of nitrogens with one attached hydrogen (secondary N) is 2. The average molecular weight is 442 g/mol. The van der Waals surface area contributed by atoms with E-state index in [0.717, 1.165) is 31.9 Å². The number of ether oxygens (including phenoxy) is 1. The third kappa shape index (κ3) is 4.94. The minimum absolute atomic E-state index is 0.161. The second kappa shape index (κ2) is 8.77. The zero-order valence-corrected chi connectivity index (χ0v) is 18.2. The zero-order chi connectivity index (χ0) is 21.2. The van der Waals surface area contributed by atoms with E-state index in [1.165, 1.54) is 25.5 Å². The van der Waals surface area contributed by atoms with Crippen molar-refractivity contribution in [1.29, 1.82) is 0 Å². The van der Waals surface area contributed by atoms with Crippen molar-refractivity contribution in [1.82, 2.24) is 5.32 Å². The molecule has 0 aliphatic carbocycles. The fourth-order valence-electron chi connectivity index (χ4n) is 3.50. The highest BCUT2D eigenvalue weighted by atomic mass is 35.5. The molecule has 2 aromatic carbocycles. The van der Waals surface area contributed by atoms with Gasteiger partial charge in [0.1, 0.15) is 11.6 Å². The normalized spacial score (nSPS) is 15.8. The summed E-state index contributed by atoms with van der Waals surface area (Å²) in [6.07, 6.45) is 1.17. The molecule has 1 aliphatic rings. The molecule has 0 spiro atoms. The van der Waals surface area contributed by atoms with E-state index >= 15 is 0 Å². The summed E-state index contributed by atoms with van der Waals surface area (Å²) in [7, 11) is -2.00. The highest BCUT2D eigenvalue weighted by molar-refractivity contribution is 7.90. The van der Waals surface area contributed by atoms with Crippen LogP contribution in [0.25, 0.3) is 0 Å². The van der Waals surface area contributed by atoms with Crippen molar-refractivity contribution in [2.75, 3.05) is 49.8 Å². The Bertz CT molecular complexity index is 995. The molecule has 1 unspecified atom stereocenters. The minimum atomic E-state index is -3.47. The summed E-state index contributed by atoms with van der Waals surface area (Å²) >= 11 is 6.11. The number of methoxy groups -OCH3 is 1. The van der Waals surface area contributed by atoms with Crippen LogP contribution in [0, 0.1) is 5.82 Å². The van der Waals surface area contributed by atoms with Crippen LogP contribution < -0.4 is 20.3 Å². The van der Waals surface area contributed by atoms with Crippen LogP contribution in [0.15, 0.2) is 35.2 Å². The Morgan fingerprint density at radius 3 is 2.55 bits per heavy atom. The summed E-state index contributed by atoms with van der Waals surface area (Å²) in [5.74, 6) is -0.135. The van der Waals surface area contributed by atoms with Crippen molar-refractivity contribution in [2.24, 2.45) is 0 Å². The van der Waals surface area contributed by atoms with E-state index in [4.69, 9.17) is 16.3 Å². The van der Waals surface area contributed by atoms with Gasteiger partial charge in [-0.15, -0.1) is 0 Å². The highest BCUT2D eigenvalue weighted by Crippen LogP contribution is 2.37. The van der Waals surface area contributed by atoms with Crippen LogP contribution in [0.1, 0.15) is 18.5 Å². The van der Waals surface area contributed by atoms with Gasteiger partial charge in [0.15, 0.2) is 9.84 Å². The Morgan fingerprint density at radius 1 is 1.24 bits per heavy atom. The van der Waals surface area contributed by atoms with Crippen LogP contribution in [0.4, 0.5) is 15.8 Å². The van der Waals surface area contributed by atoms with E-state index in [-0.39, 0.29) is 9.92 Å². The van der Waals surface area contributed by atoms with Crippen molar-refractivity contribution in [3.05, 3.63) is 46.7 Å². The third-order valence-corrected chi connectivity index (χ3v) is 6.36. The van der Waals surface area contributed by atoms with Crippen molar-refractivity contribution in [2.45, 2.75) is 17.9 Å². The molecule has 1 heterocycles. The van der Waals surface area contributed by atoms with Crippen molar-refractivity contribution in [3.8, 4) is 5.75 Å². The van der Waals surface area contributed by atoms with Crippen molar-refractivity contribution >= 4 is 32.8 Å². The minimum Gasteiger partial charge on any atom is -0.495 e. The molecule has 0 radical (unpaired) electrons. The summed E-state index contributed by atoms with van der Waals surface area (Å²) in [4.78, 5) is 2.38. The molecule has 0 bridgehead atoms. The van der Waals surface area contributed by atoms with Crippen LogP contribution in [0.3, 0.4) is 0 Å². The predicted molar refractivity (Wildman–Crippen MR) is 115 cm³/mol. The summed E-state index contributed by atoms with van der Waals surface area (Å²) in [6, 6.07) is 7.32. The maximum Gasteiger partial charge on any atom is 0.177 e. The Labute approximate surface area is 175 Å². The number of hydrogen-bond acceptors (Lipinski definition) is 6. The maximum absolute atomic E-state index is 13.9. The lowest BCUT2D eigenvalue weighted by molar-refractivity contribution is 0.406. The van der Waals surface area contributed by atoms with Gasteiger partial charge in [-0.2, -0.15) is 0 Å². The van der Waals surface area contributed by atoms with Gasteiger partial charge in [0.05, 0.1) is 28.8 Å². The lowest BCUT2D eigenvalue weighted by Gasteiger charge is -2.30. The molecular formula is C20H25ClFN3O3S. The van der Waals surface area contributed by atoms with Crippen LogP contribution in [-0.2, 0) is 9.84 Å². The van der Waals surface area contributed by atoms with Crippen LogP contribution in [-0.4, -0.2) is 48.0 Å². The first kappa shape index (κ1) is 21.7. The summed E-state index contributed by atoms with van der Waals surface area (Å²) in [6.45, 7) is 5.20. The molecule has 2 aromatic rings. The molecule has 1 atom stereocenters. The number of piperazine rings is 1. The summed E-state index contributed by atoms with van der Waals surface area (Å²) in [5.41, 5.74) is 1.89. The number of benzene rings is 2. The molecule has 2 N–H and O–H groups in total. The van der Waals surface area contributed by atoms with Crippen molar-refractivity contribution < 1.29 is 17.5 Å². The van der Waals surface area contributed by atoms with E-state index in [1.54, 1.807) is 13.0 Å². The molecule has 158 valence electrons. The molecule has 9 heteroatoms. The Hall–Kier alpha value is -2.03. The fraction of sp³-hybridized carbons (Fsp3) is 0.400. The zero-order valence-electron chi connectivity index (χ0n) is 16.6. The van der Waals surface area contributed by atoms with Crippen LogP contribution in [0.5, 0.6) is 5.75 Å². The first-order valence-electron chi connectivity index (χ1n) is 9.30. The summed E-state index contributed by atoms with van der Waals surface area (Å²) < 4.78 is 43.9. The topological polar surface area (TPSA) is 70.7 Å². The van der Waals surface area contributed by atoms with E-state index in [9.17, 15) is 12.8 Å². The second-order valence-electron chi connectivity index (χ2n) is 7.07. The number of halogens is 2. The average Bonchev–Trinajstić information content (AvgIpc) is 2.67. The van der Waals surface area contributed by atoms with Gasteiger partial charge in [0.2, 0.25) is 0 Å². The van der Waals surface area contributed by atoms with Crippen LogP contribution >= 0.6 is 11.6 Å². The highest BCUT2D eigenvalue weighted by Gasteiger charge is 2.21. The predicted octanol–water partition coefficient (Wildman–Crippen LogP) is 3.47. The van der Waals surface area contributed by atoms with E-state index in [0.29, 0.717) is 17.0 Å². The quantitative estimate of drug-likeness (QED) is 0.715. The Kier molecular flexibility index (Phi) is 6.55. The van der Waals surface area contributed by atoms with Gasteiger partial charge in [-0.25, -0.2) is 12.8 Å². The molecule has 1 fully saturated rings. The lowest BCUT2D eigenvalue weighted by atomic mass is 10.1. The van der Waals surface area contributed by atoms with Gasteiger partial charge < -0.3 is 20.3 Å². The summed E-state index contributed by atoms with van der Waals surface area (Å²) in [5, 5.41) is 6.67. The molecule has 0 aromatic heterocycles. The number of hydrogen-bond donors (Lipinski definition) is 2. The molecule has 3 rings (SSSR count). The largest absolute Gasteiger partial charge is 0.495 e. The Morgan fingerprint density at radius 2 is 1.93 bits per heavy atom. The Balaban J connectivity index is 2.00. The first-order chi connectivity index (χ1) is 13.7. The monoisotopic (exact) mass is 441 g/mol. The molecule has 1 aliphatic heterocycles. The van der Waals surface area contributed by atoms with Gasteiger partial charge in [-0.1, -0.05) is 11.6 Å². The van der Waals surface area contributed by atoms with Gasteiger partial charge in [-0.05, 0) is 37.3 Å². The smallest absolute Gasteiger partial charge is 0.177 e. The third-order valence-electron chi connectivity index (χ3n) is 4.92. The number of rotatable bonds is 6. The number of anilines is 2. The van der Waals surface area contributed by atoms with Gasteiger partial charge >= 0.3 is 0 Å². The maximum atomic E-state index is 13.9. The standard InChI is InChI=1S/C20H25ClFN3O3S/c1-13(16-10-14(22)11-17(21)20(16)28-2)24-18-12-15(25-8-6-23-7-9-25)4-5-19(18)29(3,26)27/h4-5,10-13,23-24H,6-9H2,1-3H3. The van der Waals surface area contributed by atoms with Gasteiger partial charge in [0, 0.05) is 43.7 Å². The fourth-order valence-corrected chi connectivity index (χ4v) is 4.63. The molecule has 0 saturated carbocycles. The second-order valence-corrected chi connectivity index (χ2v) is 9.46. The molecule has 0 amide bonds. The molecule has 29 heavy (non-hydrogen) atoms. The molecule has 1 saturated heterocycles. The van der Waals surface area contributed by atoms with E-state index < -0.39 is 21.7 Å². The van der Waals surface area contributed by atoms with E-state index in [2.05, 4.69) is 15.5 Å². The van der Waals surface area contributed by atoms with Crippen LogP contribution in [0.2, 0.25) is 5.02 Å². The van der Waals surface area contributed by atoms with Gasteiger partial charge in [-0.3, -0.25) is 0 Å². The molecular weight excluding hydrogens is 417 g/mol. The van der Waals surface area contributed by atoms with Gasteiger partial charge in [0.25, 0.3) is 0 Å². The lowest BCUT2D eigenvalue weighted by Crippen LogP contribution is -2.43. The van der Waals surface area contributed by atoms with Crippen molar-refractivity contribution in [3.63, 3.8) is 0 Å². The molecule has 6 nitrogen and oxygen atoms in total. The van der Waals surface area contributed by atoms with E-state index in [1.807, 2.05) is 12.1 Å². The number of sulfone groups is 1. The first-order valence-corrected chi connectivity index (χ1v) is 11.6. The number of nitrogens with zero attached hydrogens (tertiary/aromatic N) is 1.